The molecule has 22 heavy (non-hydrogen) atoms. The minimum absolute atomic E-state index is 0. The van der Waals surface area contributed by atoms with Crippen LogP contribution >= 0.6 is 12.4 Å². The van der Waals surface area contributed by atoms with Crippen molar-refractivity contribution in [2.45, 2.75) is 50.5 Å². The van der Waals surface area contributed by atoms with Crippen LogP contribution < -0.4 is 5.32 Å². The van der Waals surface area contributed by atoms with Gasteiger partial charge in [-0.2, -0.15) is 0 Å². The summed E-state index contributed by atoms with van der Waals surface area (Å²) in [6.45, 7) is 0.686. The Balaban J connectivity index is 0.00000144. The molecule has 2 aromatic rings. The third-order valence-electron chi connectivity index (χ3n) is 4.75. The van der Waals surface area contributed by atoms with E-state index in [0.29, 0.717) is 24.8 Å². The summed E-state index contributed by atoms with van der Waals surface area (Å²) in [4.78, 5) is 0. The maximum absolute atomic E-state index is 6.22. The molecule has 2 saturated heterocycles. The maximum Gasteiger partial charge on any atom is 0.0981 e. The van der Waals surface area contributed by atoms with Crippen LogP contribution in [0, 0.1) is 0 Å². The molecule has 0 unspecified atom stereocenters. The molecule has 0 aliphatic carbocycles. The highest BCUT2D eigenvalue weighted by Gasteiger charge is 2.33. The molecule has 0 spiro atoms. The topological polar surface area (TPSA) is 34.4 Å². The van der Waals surface area contributed by atoms with Gasteiger partial charge in [0.2, 0.25) is 0 Å². The summed E-state index contributed by atoms with van der Waals surface area (Å²) in [5, 5.41) is 3.66. The number of halogens is 1. The molecule has 2 fully saturated rings. The van der Waals surface area contributed by atoms with Gasteiger partial charge in [-0.3, -0.25) is 0 Å². The van der Waals surface area contributed by atoms with Crippen LogP contribution in [0.1, 0.15) is 31.2 Å². The highest BCUT2D eigenvalue weighted by Crippen LogP contribution is 2.30. The number of furan rings is 1. The smallest absolute Gasteiger partial charge is 0.0981 e. The normalized spacial score (nSPS) is 26.6. The molecule has 1 aromatic heterocycles. The quantitative estimate of drug-likeness (QED) is 0.918. The van der Waals surface area contributed by atoms with Gasteiger partial charge in [0.1, 0.15) is 0 Å². The lowest BCUT2D eigenvalue weighted by atomic mass is 10.0. The van der Waals surface area contributed by atoms with Crippen LogP contribution in [0.4, 0.5) is 0 Å². The van der Waals surface area contributed by atoms with Gasteiger partial charge >= 0.3 is 0 Å². The van der Waals surface area contributed by atoms with Crippen molar-refractivity contribution in [3.63, 3.8) is 0 Å². The molecule has 0 saturated carbocycles. The molecular formula is C18H22ClNO2. The minimum atomic E-state index is 0. The van der Waals surface area contributed by atoms with Crippen molar-refractivity contribution in [1.29, 1.82) is 0 Å². The summed E-state index contributed by atoms with van der Waals surface area (Å²) >= 11 is 0. The van der Waals surface area contributed by atoms with Gasteiger partial charge in [-0.1, -0.05) is 24.3 Å². The first-order valence-electron chi connectivity index (χ1n) is 7.86. The zero-order valence-electron chi connectivity index (χ0n) is 12.5. The van der Waals surface area contributed by atoms with Gasteiger partial charge in [0.25, 0.3) is 0 Å². The third-order valence-corrected chi connectivity index (χ3v) is 4.75. The van der Waals surface area contributed by atoms with Crippen molar-refractivity contribution in [2.24, 2.45) is 0 Å². The van der Waals surface area contributed by atoms with Crippen LogP contribution in [0.3, 0.4) is 0 Å². The Morgan fingerprint density at radius 2 is 1.86 bits per heavy atom. The maximum atomic E-state index is 6.22. The molecule has 4 rings (SSSR count). The molecule has 2 aliphatic rings. The summed E-state index contributed by atoms with van der Waals surface area (Å²) in [5.41, 5.74) is 3.58. The molecule has 4 heteroatoms. The largest absolute Gasteiger partial charge is 0.472 e. The van der Waals surface area contributed by atoms with Crippen LogP contribution in [0.5, 0.6) is 0 Å². The van der Waals surface area contributed by atoms with Crippen molar-refractivity contribution in [3.8, 4) is 11.1 Å². The number of hydrogen-bond acceptors (Lipinski definition) is 3. The van der Waals surface area contributed by atoms with Crippen molar-refractivity contribution in [2.75, 3.05) is 0 Å². The fraction of sp³-hybridized carbons (Fsp3) is 0.444. The van der Waals surface area contributed by atoms with E-state index < -0.39 is 0 Å². The standard InChI is InChI=1S/C18H21NO2.ClH/c1-2-4-18(14-7-8-20-11-14)13(3-1)12-21-17-9-15-5-6-16(10-17)19-15;/h1-4,7-8,11,15-17,19H,5-6,9-10,12H2;1H/t15-,16+,17+;. The average Bonchev–Trinajstić information content (AvgIpc) is 3.15. The van der Waals surface area contributed by atoms with Crippen molar-refractivity contribution in [3.05, 3.63) is 48.4 Å². The van der Waals surface area contributed by atoms with Crippen LogP contribution in [-0.4, -0.2) is 18.2 Å². The van der Waals surface area contributed by atoms with Crippen LogP contribution in [0.15, 0.2) is 47.3 Å². The molecular weight excluding hydrogens is 298 g/mol. The highest BCUT2D eigenvalue weighted by molar-refractivity contribution is 5.85. The van der Waals surface area contributed by atoms with E-state index in [1.165, 1.54) is 24.0 Å². The van der Waals surface area contributed by atoms with E-state index in [9.17, 15) is 0 Å². The van der Waals surface area contributed by atoms with Gasteiger partial charge in [-0.05, 0) is 42.9 Å². The van der Waals surface area contributed by atoms with Gasteiger partial charge in [0.05, 0.1) is 25.2 Å². The molecule has 118 valence electrons. The van der Waals surface area contributed by atoms with E-state index in [2.05, 4.69) is 29.6 Å². The second kappa shape index (κ2) is 6.86. The molecule has 1 N–H and O–H groups in total. The third kappa shape index (κ3) is 3.22. The molecule has 2 bridgehead atoms. The Kier molecular flexibility index (Phi) is 4.87. The fourth-order valence-corrected chi connectivity index (χ4v) is 3.69. The Bertz CT molecular complexity index is 587. The van der Waals surface area contributed by atoms with E-state index in [-0.39, 0.29) is 12.4 Å². The Hall–Kier alpha value is -1.29. The zero-order valence-corrected chi connectivity index (χ0v) is 13.4. The summed E-state index contributed by atoms with van der Waals surface area (Å²) in [6.07, 6.45) is 8.86. The van der Waals surface area contributed by atoms with Gasteiger partial charge in [-0.15, -0.1) is 12.4 Å². The summed E-state index contributed by atoms with van der Waals surface area (Å²) in [5.74, 6) is 0. The monoisotopic (exact) mass is 319 g/mol. The van der Waals surface area contributed by atoms with Gasteiger partial charge in [0, 0.05) is 17.6 Å². The molecule has 0 amide bonds. The summed E-state index contributed by atoms with van der Waals surface area (Å²) < 4.78 is 11.4. The van der Waals surface area contributed by atoms with Gasteiger partial charge < -0.3 is 14.5 Å². The second-order valence-corrected chi connectivity index (χ2v) is 6.21. The van der Waals surface area contributed by atoms with E-state index in [4.69, 9.17) is 9.15 Å². The minimum Gasteiger partial charge on any atom is -0.472 e. The van der Waals surface area contributed by atoms with Gasteiger partial charge in [0.15, 0.2) is 0 Å². The highest BCUT2D eigenvalue weighted by atomic mass is 35.5. The predicted octanol–water partition coefficient (Wildman–Crippen LogP) is 4.17. The van der Waals surface area contributed by atoms with E-state index in [0.717, 1.165) is 18.4 Å². The molecule has 3 atom stereocenters. The molecule has 2 aliphatic heterocycles. The number of benzene rings is 1. The van der Waals surface area contributed by atoms with Crippen LogP contribution in [-0.2, 0) is 11.3 Å². The first kappa shape index (κ1) is 15.6. The lowest BCUT2D eigenvalue weighted by Gasteiger charge is -2.29. The number of piperidine rings is 1. The first-order valence-corrected chi connectivity index (χ1v) is 7.86. The fourth-order valence-electron chi connectivity index (χ4n) is 3.69. The summed E-state index contributed by atoms with van der Waals surface area (Å²) in [6, 6.07) is 11.8. The van der Waals surface area contributed by atoms with Crippen LogP contribution in [0.2, 0.25) is 0 Å². The lowest BCUT2D eigenvalue weighted by Crippen LogP contribution is -2.41. The first-order chi connectivity index (χ1) is 10.4. The number of nitrogens with one attached hydrogen (secondary N) is 1. The van der Waals surface area contributed by atoms with Crippen molar-refractivity contribution in [1.82, 2.24) is 5.32 Å². The Labute approximate surface area is 137 Å². The lowest BCUT2D eigenvalue weighted by molar-refractivity contribution is 0.00937. The van der Waals surface area contributed by atoms with Gasteiger partial charge in [-0.25, -0.2) is 0 Å². The number of hydrogen-bond donors (Lipinski definition) is 1. The van der Waals surface area contributed by atoms with E-state index >= 15 is 0 Å². The summed E-state index contributed by atoms with van der Waals surface area (Å²) in [7, 11) is 0. The molecule has 3 heterocycles. The van der Waals surface area contributed by atoms with Crippen molar-refractivity contribution < 1.29 is 9.15 Å². The average molecular weight is 320 g/mol. The molecule has 3 nitrogen and oxygen atoms in total. The number of ether oxygens (including phenoxy) is 1. The zero-order chi connectivity index (χ0) is 14.1. The number of fused-ring (bicyclic) bond motifs is 2. The second-order valence-electron chi connectivity index (χ2n) is 6.21. The molecule has 0 radical (unpaired) electrons. The SMILES string of the molecule is Cl.c1ccc(-c2ccoc2)c(CO[C@H]2C[C@H]3CC[C@@H](C2)N3)c1. The molecule has 1 aromatic carbocycles. The van der Waals surface area contributed by atoms with E-state index in [1.807, 2.05) is 6.07 Å². The van der Waals surface area contributed by atoms with Crippen molar-refractivity contribution >= 4 is 12.4 Å². The number of rotatable bonds is 4. The Morgan fingerprint density at radius 1 is 1.09 bits per heavy atom. The van der Waals surface area contributed by atoms with Crippen LogP contribution in [0.25, 0.3) is 11.1 Å². The predicted molar refractivity (Wildman–Crippen MR) is 89.1 cm³/mol. The van der Waals surface area contributed by atoms with E-state index in [1.54, 1.807) is 12.5 Å². The Morgan fingerprint density at radius 3 is 2.59 bits per heavy atom.